The average Bonchev–Trinajstić information content (AvgIpc) is 3.32. The highest BCUT2D eigenvalue weighted by atomic mass is 16.5. The van der Waals surface area contributed by atoms with Crippen molar-refractivity contribution >= 4 is 33.3 Å². The first-order valence-electron chi connectivity index (χ1n) is 8.65. The molecule has 0 atom stereocenters. The summed E-state index contributed by atoms with van der Waals surface area (Å²) >= 11 is 0. The maximum absolute atomic E-state index is 12.1. The van der Waals surface area contributed by atoms with E-state index in [0.717, 1.165) is 39.0 Å². The number of nitrogens with one attached hydrogen (secondary N) is 3. The Morgan fingerprint density at radius 1 is 1.23 bits per heavy atom. The lowest BCUT2D eigenvalue weighted by atomic mass is 10.1. The monoisotopic (exact) mass is 349 g/mol. The zero-order valence-corrected chi connectivity index (χ0v) is 14.6. The number of nitrogens with zero attached hydrogens (tertiary/aromatic N) is 2. The molecule has 0 unspecified atom stereocenters. The summed E-state index contributed by atoms with van der Waals surface area (Å²) in [6, 6.07) is 5.48. The number of H-pyrrole nitrogens is 2. The first-order chi connectivity index (χ1) is 12.6. The molecule has 1 aliphatic carbocycles. The molecule has 1 saturated carbocycles. The summed E-state index contributed by atoms with van der Waals surface area (Å²) in [5, 5.41) is 10.0. The molecule has 1 fully saturated rings. The van der Waals surface area contributed by atoms with Crippen molar-refractivity contribution in [3.05, 3.63) is 46.5 Å². The van der Waals surface area contributed by atoms with Gasteiger partial charge in [-0.2, -0.15) is 5.10 Å². The van der Waals surface area contributed by atoms with Crippen LogP contribution in [0.3, 0.4) is 0 Å². The van der Waals surface area contributed by atoms with E-state index in [4.69, 9.17) is 4.74 Å². The molecule has 0 aliphatic heterocycles. The Bertz CT molecular complexity index is 1200. The van der Waals surface area contributed by atoms with Crippen LogP contribution in [0.5, 0.6) is 5.75 Å². The minimum Gasteiger partial charge on any atom is -0.493 e. The smallest absolute Gasteiger partial charge is 0.222 e. The normalized spacial score (nSPS) is 14.2. The minimum atomic E-state index is -0.134. The second-order valence-electron chi connectivity index (χ2n) is 6.81. The van der Waals surface area contributed by atoms with Crippen LogP contribution in [0.25, 0.3) is 21.8 Å². The molecule has 4 aromatic rings. The van der Waals surface area contributed by atoms with Gasteiger partial charge in [-0.1, -0.05) is 0 Å². The summed E-state index contributed by atoms with van der Waals surface area (Å²) in [5.74, 6) is 1.88. The molecule has 0 spiro atoms. The van der Waals surface area contributed by atoms with E-state index in [-0.39, 0.29) is 5.43 Å². The average molecular weight is 349 g/mol. The largest absolute Gasteiger partial charge is 0.493 e. The fourth-order valence-corrected chi connectivity index (χ4v) is 3.48. The van der Waals surface area contributed by atoms with E-state index in [1.165, 1.54) is 20.0 Å². The third-order valence-corrected chi connectivity index (χ3v) is 4.99. The van der Waals surface area contributed by atoms with Crippen molar-refractivity contribution in [3.8, 4) is 5.75 Å². The van der Waals surface area contributed by atoms with Crippen molar-refractivity contribution in [2.75, 3.05) is 12.4 Å². The van der Waals surface area contributed by atoms with Crippen molar-refractivity contribution in [3.63, 3.8) is 0 Å². The molecule has 132 valence electrons. The Kier molecular flexibility index (Phi) is 3.12. The maximum atomic E-state index is 12.1. The topological polar surface area (TPSA) is 87.7 Å². The lowest BCUT2D eigenvalue weighted by Crippen LogP contribution is -2.02. The number of fused-ring (bicyclic) bond motifs is 3. The highest BCUT2D eigenvalue weighted by molar-refractivity contribution is 6.13. The Balaban J connectivity index is 1.67. The van der Waals surface area contributed by atoms with Crippen LogP contribution in [0.2, 0.25) is 0 Å². The van der Waals surface area contributed by atoms with Crippen LogP contribution < -0.4 is 15.5 Å². The van der Waals surface area contributed by atoms with Crippen LogP contribution in [0.15, 0.2) is 35.4 Å². The van der Waals surface area contributed by atoms with Crippen LogP contribution >= 0.6 is 0 Å². The quantitative estimate of drug-likeness (QED) is 0.527. The van der Waals surface area contributed by atoms with E-state index in [1.54, 1.807) is 12.1 Å². The molecule has 0 saturated heterocycles. The van der Waals surface area contributed by atoms with Crippen LogP contribution in [0, 0.1) is 0 Å². The van der Waals surface area contributed by atoms with Gasteiger partial charge in [-0.15, -0.1) is 0 Å². The fourth-order valence-electron chi connectivity index (χ4n) is 3.48. The number of pyridine rings is 1. The molecule has 3 aromatic heterocycles. The van der Waals surface area contributed by atoms with Crippen molar-refractivity contribution in [2.24, 2.45) is 7.05 Å². The van der Waals surface area contributed by atoms with Gasteiger partial charge in [-0.25, -0.2) is 0 Å². The van der Waals surface area contributed by atoms with E-state index in [0.29, 0.717) is 11.7 Å². The predicted octanol–water partition coefficient (Wildman–Crippen LogP) is 3.37. The van der Waals surface area contributed by atoms with Crippen molar-refractivity contribution in [1.82, 2.24) is 19.7 Å². The number of benzene rings is 1. The number of ether oxygens (including phenoxy) is 1. The van der Waals surface area contributed by atoms with Gasteiger partial charge in [0.25, 0.3) is 0 Å². The summed E-state index contributed by atoms with van der Waals surface area (Å²) in [5.41, 5.74) is 3.63. The highest BCUT2D eigenvalue weighted by Gasteiger charge is 2.27. The fraction of sp³-hybridized carbons (Fsp3) is 0.263. The number of anilines is 2. The molecular formula is C19H19N5O2. The molecule has 7 nitrogen and oxygen atoms in total. The summed E-state index contributed by atoms with van der Waals surface area (Å²) in [6.45, 7) is 0. The molecule has 0 radical (unpaired) electrons. The van der Waals surface area contributed by atoms with E-state index < -0.39 is 0 Å². The van der Waals surface area contributed by atoms with E-state index in [9.17, 15) is 4.79 Å². The number of hydrogen-bond acceptors (Lipinski definition) is 4. The van der Waals surface area contributed by atoms with Gasteiger partial charge in [0, 0.05) is 48.3 Å². The Morgan fingerprint density at radius 2 is 2.08 bits per heavy atom. The van der Waals surface area contributed by atoms with E-state index in [2.05, 4.69) is 26.4 Å². The zero-order chi connectivity index (χ0) is 17.8. The van der Waals surface area contributed by atoms with Crippen LogP contribution in [0.1, 0.15) is 24.5 Å². The van der Waals surface area contributed by atoms with Gasteiger partial charge in [0.05, 0.1) is 29.5 Å². The lowest BCUT2D eigenvalue weighted by Gasteiger charge is -2.08. The van der Waals surface area contributed by atoms with Gasteiger partial charge >= 0.3 is 0 Å². The standard InChI is InChI=1S/C19H19N5O2/c1-24-18(7-12(23-24)10-3-4-10)22-15-9-20-8-14-19(15)11-5-17(26-2)16(25)6-13(11)21-14/h5-10,20-22H,3-4H2,1-2H3. The number of hydrogen-bond donors (Lipinski definition) is 3. The first-order valence-corrected chi connectivity index (χ1v) is 8.65. The molecule has 5 rings (SSSR count). The van der Waals surface area contributed by atoms with E-state index >= 15 is 0 Å². The number of rotatable bonds is 4. The molecule has 26 heavy (non-hydrogen) atoms. The Hall–Kier alpha value is -3.22. The van der Waals surface area contributed by atoms with Crippen LogP contribution in [-0.2, 0) is 7.05 Å². The summed E-state index contributed by atoms with van der Waals surface area (Å²) in [6.07, 6.45) is 6.24. The number of aromatic nitrogens is 4. The second kappa shape index (κ2) is 5.39. The SMILES string of the molecule is COc1cc2c(cc1=O)[nH]c1c[nH]cc(Nc3cc(C4CC4)nn3C)c12. The molecule has 0 bridgehead atoms. The molecule has 3 N–H and O–H groups in total. The Labute approximate surface area is 149 Å². The van der Waals surface area contributed by atoms with Gasteiger partial charge in [-0.3, -0.25) is 9.48 Å². The lowest BCUT2D eigenvalue weighted by molar-refractivity contribution is 0.411. The van der Waals surface area contributed by atoms with Crippen LogP contribution in [-0.4, -0.2) is 26.9 Å². The first kappa shape index (κ1) is 15.1. The summed E-state index contributed by atoms with van der Waals surface area (Å²) in [7, 11) is 3.46. The number of aromatic amines is 2. The summed E-state index contributed by atoms with van der Waals surface area (Å²) in [4.78, 5) is 18.5. The van der Waals surface area contributed by atoms with Crippen molar-refractivity contribution in [2.45, 2.75) is 18.8 Å². The molecule has 1 aliphatic rings. The zero-order valence-electron chi connectivity index (χ0n) is 14.6. The van der Waals surface area contributed by atoms with Gasteiger partial charge in [-0.05, 0) is 18.9 Å². The maximum Gasteiger partial charge on any atom is 0.222 e. The van der Waals surface area contributed by atoms with E-state index in [1.807, 2.05) is 24.1 Å². The number of methoxy groups -OCH3 is 1. The number of aryl methyl sites for hydroxylation is 1. The van der Waals surface area contributed by atoms with Crippen molar-refractivity contribution in [1.29, 1.82) is 0 Å². The van der Waals surface area contributed by atoms with Gasteiger partial charge < -0.3 is 20.0 Å². The predicted molar refractivity (Wildman–Crippen MR) is 101 cm³/mol. The van der Waals surface area contributed by atoms with Gasteiger partial charge in [0.15, 0.2) is 5.75 Å². The minimum absolute atomic E-state index is 0.134. The molecular weight excluding hydrogens is 330 g/mol. The summed E-state index contributed by atoms with van der Waals surface area (Å²) < 4.78 is 7.09. The Morgan fingerprint density at radius 3 is 2.85 bits per heavy atom. The third kappa shape index (κ3) is 2.28. The second-order valence-corrected chi connectivity index (χ2v) is 6.81. The molecule has 3 heterocycles. The van der Waals surface area contributed by atoms with Gasteiger partial charge in [0.2, 0.25) is 5.43 Å². The molecule has 7 heteroatoms. The molecule has 1 aromatic carbocycles. The third-order valence-electron chi connectivity index (χ3n) is 4.99. The van der Waals surface area contributed by atoms with Gasteiger partial charge in [0.1, 0.15) is 5.82 Å². The van der Waals surface area contributed by atoms with Crippen LogP contribution in [0.4, 0.5) is 11.5 Å². The highest BCUT2D eigenvalue weighted by Crippen LogP contribution is 2.40. The molecule has 0 amide bonds. The van der Waals surface area contributed by atoms with Crippen molar-refractivity contribution < 1.29 is 4.74 Å².